The molecule has 0 amide bonds. The summed E-state index contributed by atoms with van der Waals surface area (Å²) in [6, 6.07) is 15.0. The van der Waals surface area contributed by atoms with E-state index in [1.54, 1.807) is 55.4 Å². The first-order chi connectivity index (χ1) is 11.5. The number of nitrogens with zero attached hydrogens (tertiary/aromatic N) is 4. The van der Waals surface area contributed by atoms with Crippen LogP contribution >= 0.6 is 0 Å². The molecular weight excluding hydrogens is 304 g/mol. The Kier molecular flexibility index (Phi) is 5.42. The highest BCUT2D eigenvalue weighted by atomic mass is 16.3. The predicted octanol–water partition coefficient (Wildman–Crippen LogP) is 3.63. The maximum Gasteiger partial charge on any atom is 0.218 e. The molecule has 0 aliphatic carbocycles. The van der Waals surface area contributed by atoms with Crippen LogP contribution < -0.4 is 0 Å². The van der Waals surface area contributed by atoms with Gasteiger partial charge in [0.2, 0.25) is 5.78 Å². The van der Waals surface area contributed by atoms with Crippen molar-refractivity contribution in [3.05, 3.63) is 71.6 Å². The van der Waals surface area contributed by atoms with E-state index in [4.69, 9.17) is 5.26 Å². The maximum atomic E-state index is 12.6. The van der Waals surface area contributed by atoms with Crippen molar-refractivity contribution in [2.75, 3.05) is 14.1 Å². The van der Waals surface area contributed by atoms with Crippen LogP contribution in [0.2, 0.25) is 0 Å². The molecule has 0 fully saturated rings. The molecule has 6 heteroatoms. The van der Waals surface area contributed by atoms with Crippen LogP contribution in [-0.2, 0) is 0 Å². The van der Waals surface area contributed by atoms with Crippen LogP contribution in [0.15, 0.2) is 70.7 Å². The molecule has 0 spiro atoms. The molecule has 0 aromatic heterocycles. The maximum absolute atomic E-state index is 12.6. The van der Waals surface area contributed by atoms with Gasteiger partial charge in [-0.25, -0.2) is 0 Å². The minimum atomic E-state index is -0.458. The quantitative estimate of drug-likeness (QED) is 0.517. The first kappa shape index (κ1) is 16.9. The highest BCUT2D eigenvalue weighted by Gasteiger charge is 2.16. The number of azo groups is 1. The number of hydrogen-bond donors (Lipinski definition) is 1. The molecule has 6 nitrogen and oxygen atoms in total. The van der Waals surface area contributed by atoms with Gasteiger partial charge in [0.05, 0.1) is 11.1 Å². The van der Waals surface area contributed by atoms with Gasteiger partial charge < -0.3 is 10.0 Å². The van der Waals surface area contributed by atoms with Crippen molar-refractivity contribution in [3.63, 3.8) is 0 Å². The molecule has 2 aromatic rings. The van der Waals surface area contributed by atoms with E-state index in [-0.39, 0.29) is 17.0 Å². The van der Waals surface area contributed by atoms with Gasteiger partial charge in [-0.05, 0) is 24.3 Å². The highest BCUT2D eigenvalue weighted by Crippen LogP contribution is 2.23. The van der Waals surface area contributed by atoms with Crippen LogP contribution in [0.1, 0.15) is 15.9 Å². The molecule has 0 aliphatic heterocycles. The molecule has 0 heterocycles. The lowest BCUT2D eigenvalue weighted by Crippen LogP contribution is -2.08. The third-order valence-corrected chi connectivity index (χ3v) is 3.05. The predicted molar refractivity (Wildman–Crippen MR) is 89.9 cm³/mol. The third-order valence-electron chi connectivity index (χ3n) is 3.05. The Labute approximate surface area is 140 Å². The average Bonchev–Trinajstić information content (AvgIpc) is 2.58. The van der Waals surface area contributed by atoms with Crippen LogP contribution in [0.3, 0.4) is 0 Å². The molecule has 1 N–H and O–H groups in total. The standard InChI is InChI=1S/C18H16N4O2/c1-22(2)12-16(18(24)14-8-4-6-10-17(14)23)21-20-15-9-5-3-7-13(15)11-19/h3-10,12,23H,1-2H3/b16-12-,21-20?. The van der Waals surface area contributed by atoms with Gasteiger partial charge in [-0.1, -0.05) is 24.3 Å². The molecule has 0 aliphatic rings. The number of allylic oxidation sites excluding steroid dienone is 1. The fourth-order valence-corrected chi connectivity index (χ4v) is 1.94. The van der Waals surface area contributed by atoms with Crippen molar-refractivity contribution in [2.45, 2.75) is 0 Å². The van der Waals surface area contributed by atoms with Crippen LogP contribution in [0, 0.1) is 11.3 Å². The number of Topliss-reactive ketones (excluding diaryl/α,β-unsaturated/α-hetero) is 1. The summed E-state index contributed by atoms with van der Waals surface area (Å²) in [5, 5.41) is 26.9. The normalized spacial score (nSPS) is 11.3. The number of para-hydroxylation sites is 1. The van der Waals surface area contributed by atoms with Crippen LogP contribution in [0.5, 0.6) is 5.75 Å². The molecule has 0 atom stereocenters. The van der Waals surface area contributed by atoms with E-state index >= 15 is 0 Å². The summed E-state index contributed by atoms with van der Waals surface area (Å²) in [4.78, 5) is 14.3. The first-order valence-electron chi connectivity index (χ1n) is 7.14. The molecule has 0 radical (unpaired) electrons. The summed E-state index contributed by atoms with van der Waals surface area (Å²) in [6.07, 6.45) is 1.51. The molecule has 0 saturated heterocycles. The molecule has 0 bridgehead atoms. The molecule has 2 aromatic carbocycles. The fraction of sp³-hybridized carbons (Fsp3) is 0.111. The van der Waals surface area contributed by atoms with E-state index in [2.05, 4.69) is 10.2 Å². The van der Waals surface area contributed by atoms with Crippen molar-refractivity contribution in [1.29, 1.82) is 5.26 Å². The Morgan fingerprint density at radius 3 is 2.50 bits per heavy atom. The second-order valence-corrected chi connectivity index (χ2v) is 5.15. The summed E-state index contributed by atoms with van der Waals surface area (Å²) < 4.78 is 0. The Balaban J connectivity index is 2.41. The Morgan fingerprint density at radius 1 is 1.17 bits per heavy atom. The fourth-order valence-electron chi connectivity index (χ4n) is 1.94. The van der Waals surface area contributed by atoms with E-state index in [1.807, 2.05) is 6.07 Å². The van der Waals surface area contributed by atoms with E-state index in [0.717, 1.165) is 0 Å². The second-order valence-electron chi connectivity index (χ2n) is 5.15. The number of nitriles is 1. The zero-order chi connectivity index (χ0) is 17.5. The zero-order valence-electron chi connectivity index (χ0n) is 13.3. The smallest absolute Gasteiger partial charge is 0.218 e. The lowest BCUT2D eigenvalue weighted by atomic mass is 10.1. The minimum Gasteiger partial charge on any atom is -0.507 e. The topological polar surface area (TPSA) is 89.0 Å². The van der Waals surface area contributed by atoms with Crippen LogP contribution in [-0.4, -0.2) is 29.9 Å². The number of hydrogen-bond acceptors (Lipinski definition) is 6. The highest BCUT2D eigenvalue weighted by molar-refractivity contribution is 6.10. The zero-order valence-corrected chi connectivity index (χ0v) is 13.3. The van der Waals surface area contributed by atoms with Gasteiger partial charge in [-0.15, -0.1) is 10.2 Å². The summed E-state index contributed by atoms with van der Waals surface area (Å²) in [5.41, 5.74) is 0.919. The van der Waals surface area contributed by atoms with Gasteiger partial charge in [0.1, 0.15) is 23.2 Å². The number of carbonyl (C=O) groups excluding carboxylic acids is 1. The Hall–Kier alpha value is -3.46. The average molecular weight is 320 g/mol. The largest absolute Gasteiger partial charge is 0.507 e. The summed E-state index contributed by atoms with van der Waals surface area (Å²) in [5.74, 6) is -0.584. The third kappa shape index (κ3) is 4.05. The van der Waals surface area contributed by atoms with E-state index in [9.17, 15) is 9.90 Å². The number of phenols is 1. The van der Waals surface area contributed by atoms with E-state index in [0.29, 0.717) is 11.3 Å². The lowest BCUT2D eigenvalue weighted by molar-refractivity contribution is 0.102. The van der Waals surface area contributed by atoms with E-state index < -0.39 is 5.78 Å². The second kappa shape index (κ2) is 7.70. The molecule has 0 saturated carbocycles. The van der Waals surface area contributed by atoms with Gasteiger partial charge >= 0.3 is 0 Å². The number of aromatic hydroxyl groups is 1. The van der Waals surface area contributed by atoms with Gasteiger partial charge in [0.15, 0.2) is 0 Å². The van der Waals surface area contributed by atoms with Gasteiger partial charge in [-0.3, -0.25) is 4.79 Å². The SMILES string of the molecule is CN(C)/C=C(\N=Nc1ccccc1C#N)C(=O)c1ccccc1O. The monoisotopic (exact) mass is 320 g/mol. The molecule has 24 heavy (non-hydrogen) atoms. The number of ketones is 1. The Bertz CT molecular complexity index is 848. The van der Waals surface area contributed by atoms with Crippen molar-refractivity contribution in [3.8, 4) is 11.8 Å². The minimum absolute atomic E-state index is 0.0502. The molecule has 0 unspecified atom stereocenters. The summed E-state index contributed by atoms with van der Waals surface area (Å²) >= 11 is 0. The lowest BCUT2D eigenvalue weighted by Gasteiger charge is -2.08. The number of phenolic OH excluding ortho intramolecular Hbond substituents is 1. The Morgan fingerprint density at radius 2 is 1.83 bits per heavy atom. The van der Waals surface area contributed by atoms with Crippen LogP contribution in [0.4, 0.5) is 5.69 Å². The number of carbonyl (C=O) groups is 1. The van der Waals surface area contributed by atoms with Crippen LogP contribution in [0.25, 0.3) is 0 Å². The van der Waals surface area contributed by atoms with Crippen molar-refractivity contribution >= 4 is 11.5 Å². The van der Waals surface area contributed by atoms with Crippen molar-refractivity contribution in [2.24, 2.45) is 10.2 Å². The molecule has 2 rings (SSSR count). The van der Waals surface area contributed by atoms with E-state index in [1.165, 1.54) is 18.3 Å². The number of benzene rings is 2. The molecule has 120 valence electrons. The van der Waals surface area contributed by atoms with Crippen molar-refractivity contribution < 1.29 is 9.90 Å². The van der Waals surface area contributed by atoms with Crippen molar-refractivity contribution in [1.82, 2.24) is 4.90 Å². The first-order valence-corrected chi connectivity index (χ1v) is 7.14. The van der Waals surface area contributed by atoms with Gasteiger partial charge in [-0.2, -0.15) is 5.26 Å². The molecular formula is C18H16N4O2. The van der Waals surface area contributed by atoms with Gasteiger partial charge in [0, 0.05) is 20.3 Å². The van der Waals surface area contributed by atoms with Gasteiger partial charge in [0.25, 0.3) is 0 Å². The summed E-state index contributed by atoms with van der Waals surface area (Å²) in [6.45, 7) is 0. The summed E-state index contributed by atoms with van der Waals surface area (Å²) in [7, 11) is 3.49. The number of rotatable bonds is 5.